The Bertz CT molecular complexity index is 1960. The predicted octanol–water partition coefficient (Wildman–Crippen LogP) is 4.13. The molecule has 1 saturated carbocycles. The van der Waals surface area contributed by atoms with E-state index >= 15 is 0 Å². The van der Waals surface area contributed by atoms with Crippen LogP contribution in [0.5, 0.6) is 0 Å². The first-order chi connectivity index (χ1) is 21.6. The van der Waals surface area contributed by atoms with E-state index in [1.54, 1.807) is 10.4 Å². The molecule has 6 rings (SSSR count). The number of piperidine rings is 1. The Morgan fingerprint density at radius 1 is 0.956 bits per heavy atom. The molecule has 3 heterocycles. The van der Waals surface area contributed by atoms with E-state index in [0.29, 0.717) is 42.4 Å². The Balaban J connectivity index is 1.22. The highest BCUT2D eigenvalue weighted by atomic mass is 35.5. The van der Waals surface area contributed by atoms with Crippen molar-refractivity contribution in [3.8, 4) is 0 Å². The number of benzene rings is 2. The summed E-state index contributed by atoms with van der Waals surface area (Å²) in [5.41, 5.74) is 0.720. The molecule has 12 nitrogen and oxygen atoms in total. The second kappa shape index (κ2) is 12.9. The third-order valence-corrected chi connectivity index (χ3v) is 13.1. The van der Waals surface area contributed by atoms with Crippen LogP contribution >= 0.6 is 11.6 Å². The molecule has 1 aliphatic carbocycles. The Hall–Kier alpha value is -3.17. The summed E-state index contributed by atoms with van der Waals surface area (Å²) in [6.45, 7) is 2.86. The number of aromatic amines is 1. The molecule has 2 aromatic heterocycles. The molecule has 1 saturated heterocycles. The Kier molecular flexibility index (Phi) is 9.12. The lowest BCUT2D eigenvalue weighted by atomic mass is 9.95. The summed E-state index contributed by atoms with van der Waals surface area (Å²) in [6, 6.07) is 12.8. The van der Waals surface area contributed by atoms with Crippen LogP contribution in [0, 0.1) is 0 Å². The van der Waals surface area contributed by atoms with Crippen molar-refractivity contribution in [1.82, 2.24) is 33.6 Å². The molecule has 2 aromatic carbocycles. The van der Waals surface area contributed by atoms with Crippen LogP contribution in [-0.2, 0) is 26.6 Å². The van der Waals surface area contributed by atoms with Gasteiger partial charge in [-0.3, -0.25) is 4.79 Å². The first-order valence-electron chi connectivity index (χ1n) is 15.3. The number of fused-ring (bicyclic) bond motifs is 1. The molecule has 0 spiro atoms. The number of halogens is 1. The van der Waals surface area contributed by atoms with Gasteiger partial charge in [-0.2, -0.15) is 8.61 Å². The summed E-state index contributed by atoms with van der Waals surface area (Å²) in [6.07, 6.45) is 5.98. The van der Waals surface area contributed by atoms with Crippen molar-refractivity contribution < 1.29 is 16.8 Å². The average Bonchev–Trinajstić information content (AvgIpc) is 3.46. The van der Waals surface area contributed by atoms with E-state index in [4.69, 9.17) is 11.6 Å². The van der Waals surface area contributed by atoms with E-state index in [-0.39, 0.29) is 40.4 Å². The number of nitrogens with one attached hydrogen (secondary N) is 1. The van der Waals surface area contributed by atoms with E-state index in [9.17, 15) is 21.6 Å². The maximum atomic E-state index is 13.7. The molecule has 2 fully saturated rings. The Morgan fingerprint density at radius 3 is 2.38 bits per heavy atom. The molecule has 1 aliphatic heterocycles. The molecule has 1 unspecified atom stereocenters. The smallest absolute Gasteiger partial charge is 0.281 e. The van der Waals surface area contributed by atoms with Gasteiger partial charge in [-0.1, -0.05) is 61.2 Å². The van der Waals surface area contributed by atoms with Crippen LogP contribution in [0.4, 0.5) is 0 Å². The van der Waals surface area contributed by atoms with Crippen molar-refractivity contribution in [3.63, 3.8) is 0 Å². The zero-order chi connectivity index (χ0) is 31.8. The third-order valence-electron chi connectivity index (χ3n) is 8.80. The van der Waals surface area contributed by atoms with Crippen LogP contribution in [0.2, 0.25) is 5.02 Å². The van der Waals surface area contributed by atoms with Gasteiger partial charge in [0.15, 0.2) is 11.2 Å². The van der Waals surface area contributed by atoms with Crippen molar-refractivity contribution in [2.24, 2.45) is 0 Å². The Morgan fingerprint density at radius 2 is 1.67 bits per heavy atom. The lowest BCUT2D eigenvalue weighted by molar-refractivity contribution is 0.261. The van der Waals surface area contributed by atoms with Crippen LogP contribution in [0.15, 0.2) is 63.1 Å². The minimum atomic E-state index is -3.95. The number of rotatable bonds is 9. The summed E-state index contributed by atoms with van der Waals surface area (Å²) in [4.78, 5) is 20.5. The maximum Gasteiger partial charge on any atom is 0.281 e. The van der Waals surface area contributed by atoms with Gasteiger partial charge in [0.05, 0.1) is 16.3 Å². The molecule has 2 aliphatic rings. The number of hydrogen-bond acceptors (Lipinski definition) is 8. The SMILES string of the molecule is CCN(C1CCCCC1)S(=O)(=O)c1ccc(S(=O)(=O)N2CCCC(c3nc4c(nnn4Cc4ccccc4Cl)c(=O)[nH]3)C2)cc1. The van der Waals surface area contributed by atoms with Crippen molar-refractivity contribution >= 4 is 42.8 Å². The van der Waals surface area contributed by atoms with Crippen molar-refractivity contribution in [3.05, 3.63) is 75.3 Å². The molecule has 1 N–H and O–H groups in total. The molecule has 0 bridgehead atoms. The van der Waals surface area contributed by atoms with Crippen LogP contribution in [0.1, 0.15) is 69.2 Å². The quantitative estimate of drug-likeness (QED) is 0.279. The molecule has 0 amide bonds. The van der Waals surface area contributed by atoms with Crippen molar-refractivity contribution in [2.75, 3.05) is 19.6 Å². The van der Waals surface area contributed by atoms with Gasteiger partial charge in [-0.15, -0.1) is 5.10 Å². The lowest BCUT2D eigenvalue weighted by Crippen LogP contribution is -2.41. The highest BCUT2D eigenvalue weighted by Gasteiger charge is 2.34. The first-order valence-corrected chi connectivity index (χ1v) is 18.5. The minimum Gasteiger partial charge on any atom is -0.308 e. The van der Waals surface area contributed by atoms with Crippen molar-refractivity contribution in [2.45, 2.75) is 80.2 Å². The highest BCUT2D eigenvalue weighted by molar-refractivity contribution is 7.89. The average molecular weight is 674 g/mol. The number of nitrogens with zero attached hydrogens (tertiary/aromatic N) is 6. The van der Waals surface area contributed by atoms with Gasteiger partial charge in [-0.05, 0) is 61.6 Å². The number of aromatic nitrogens is 5. The molecule has 240 valence electrons. The van der Waals surface area contributed by atoms with Crippen LogP contribution < -0.4 is 5.56 Å². The van der Waals surface area contributed by atoms with Gasteiger partial charge in [0.25, 0.3) is 5.56 Å². The summed E-state index contributed by atoms with van der Waals surface area (Å²) in [5, 5.41) is 8.67. The number of H-pyrrole nitrogens is 1. The standard InChI is InChI=1S/C30H36ClN7O5S2/c1-2-38(23-11-4-3-5-12-23)45(42,43)25-16-14-24(15-17-25)44(40,41)36-18-8-10-22(19-36)28-32-29-27(30(39)33-28)34-35-37(29)20-21-9-6-7-13-26(21)31/h6-7,9,13-17,22-23H,2-5,8,10-12,18-20H2,1H3,(H,32,33,39). The summed E-state index contributed by atoms with van der Waals surface area (Å²) >= 11 is 6.33. The predicted molar refractivity (Wildman–Crippen MR) is 170 cm³/mol. The third kappa shape index (κ3) is 6.30. The number of sulfonamides is 2. The topological polar surface area (TPSA) is 151 Å². The van der Waals surface area contributed by atoms with Crippen LogP contribution in [0.25, 0.3) is 11.2 Å². The molecule has 1 atom stereocenters. The molecular weight excluding hydrogens is 638 g/mol. The fourth-order valence-electron chi connectivity index (χ4n) is 6.42. The largest absolute Gasteiger partial charge is 0.308 e. The van der Waals surface area contributed by atoms with Gasteiger partial charge in [0, 0.05) is 36.6 Å². The van der Waals surface area contributed by atoms with Crippen LogP contribution in [-0.4, -0.2) is 76.1 Å². The van der Waals surface area contributed by atoms with Gasteiger partial charge >= 0.3 is 0 Å². The molecular formula is C30H36ClN7O5S2. The normalized spacial score (nSPS) is 19.0. The summed E-state index contributed by atoms with van der Waals surface area (Å²) < 4.78 is 58.8. The molecule has 0 radical (unpaired) electrons. The van der Waals surface area contributed by atoms with E-state index in [1.165, 1.54) is 33.3 Å². The Labute approximate surface area is 267 Å². The van der Waals surface area contributed by atoms with Crippen molar-refractivity contribution in [1.29, 1.82) is 0 Å². The van der Waals surface area contributed by atoms with Gasteiger partial charge in [-0.25, -0.2) is 26.5 Å². The number of hydrogen-bond donors (Lipinski definition) is 1. The van der Waals surface area contributed by atoms with E-state index in [1.807, 2.05) is 25.1 Å². The minimum absolute atomic E-state index is 0.0155. The second-order valence-corrected chi connectivity index (χ2v) is 15.9. The van der Waals surface area contributed by atoms with E-state index in [2.05, 4.69) is 20.3 Å². The second-order valence-electron chi connectivity index (χ2n) is 11.6. The van der Waals surface area contributed by atoms with Gasteiger partial charge in [0.2, 0.25) is 20.0 Å². The zero-order valence-corrected chi connectivity index (χ0v) is 27.4. The van der Waals surface area contributed by atoms with Gasteiger partial charge < -0.3 is 4.98 Å². The zero-order valence-electron chi connectivity index (χ0n) is 25.0. The fraction of sp³-hybridized carbons (Fsp3) is 0.467. The molecule has 4 aromatic rings. The first kappa shape index (κ1) is 31.8. The summed E-state index contributed by atoms with van der Waals surface area (Å²) in [7, 11) is -7.71. The summed E-state index contributed by atoms with van der Waals surface area (Å²) in [5.74, 6) is -0.0125. The van der Waals surface area contributed by atoms with E-state index < -0.39 is 25.6 Å². The monoisotopic (exact) mass is 673 g/mol. The van der Waals surface area contributed by atoms with E-state index in [0.717, 1.165) is 37.7 Å². The lowest BCUT2D eigenvalue weighted by Gasteiger charge is -2.33. The maximum absolute atomic E-state index is 13.7. The fourth-order valence-corrected chi connectivity index (χ4v) is 9.83. The van der Waals surface area contributed by atoms with Crippen LogP contribution in [0.3, 0.4) is 0 Å². The highest BCUT2D eigenvalue weighted by Crippen LogP contribution is 2.31. The molecule has 45 heavy (non-hydrogen) atoms. The van der Waals surface area contributed by atoms with Gasteiger partial charge in [0.1, 0.15) is 5.82 Å². The molecule has 15 heteroatoms.